The van der Waals surface area contributed by atoms with Crippen LogP contribution in [0, 0.1) is 0 Å². The van der Waals surface area contributed by atoms with Crippen LogP contribution in [0.5, 0.6) is 0 Å². The standard InChI is InChI=1S/C41H80N8/c1-13-17-19-21-23-25-27-48(33-29-38(5,6)45-39(7,8)30-33)36-42-35(47(15-3)16-4)43-37(44-36)49(28-26-24-22-20-18-14-2)34-31-40(9,10)46-41(11,12)32-34/h33-34,45-46H,13-32H2,1-12H3. The van der Waals surface area contributed by atoms with Crippen molar-refractivity contribution < 1.29 is 0 Å². The number of piperidine rings is 2. The highest BCUT2D eigenvalue weighted by atomic mass is 15.4. The van der Waals surface area contributed by atoms with Crippen LogP contribution in [0.3, 0.4) is 0 Å². The second kappa shape index (κ2) is 18.7. The second-order valence-electron chi connectivity index (χ2n) is 18.2. The molecule has 0 spiro atoms. The Labute approximate surface area is 303 Å². The molecule has 3 heterocycles. The third kappa shape index (κ3) is 13.4. The molecule has 0 atom stereocenters. The third-order valence-electron chi connectivity index (χ3n) is 10.9. The maximum Gasteiger partial charge on any atom is 0.232 e. The van der Waals surface area contributed by atoms with Crippen LogP contribution in [0.2, 0.25) is 0 Å². The minimum absolute atomic E-state index is 0.0411. The van der Waals surface area contributed by atoms with Gasteiger partial charge in [0.15, 0.2) is 0 Å². The number of unbranched alkanes of at least 4 members (excludes halogenated alkanes) is 10. The lowest BCUT2D eigenvalue weighted by Crippen LogP contribution is -2.63. The van der Waals surface area contributed by atoms with Crippen molar-refractivity contribution >= 4 is 17.8 Å². The van der Waals surface area contributed by atoms with Gasteiger partial charge >= 0.3 is 0 Å². The molecular weight excluding hydrogens is 605 g/mol. The molecule has 0 unspecified atom stereocenters. The Balaban J connectivity index is 2.10. The highest BCUT2D eigenvalue weighted by molar-refractivity contribution is 5.48. The summed E-state index contributed by atoms with van der Waals surface area (Å²) in [6.07, 6.45) is 19.7. The molecule has 0 bridgehead atoms. The lowest BCUT2D eigenvalue weighted by Gasteiger charge is -2.50. The molecule has 0 aliphatic carbocycles. The van der Waals surface area contributed by atoms with Gasteiger partial charge in [-0.05, 0) is 108 Å². The Morgan fingerprint density at radius 1 is 0.469 bits per heavy atom. The molecule has 0 aromatic carbocycles. The van der Waals surface area contributed by atoms with Crippen LogP contribution in [-0.4, -0.2) is 75.4 Å². The molecule has 3 rings (SSSR count). The first-order valence-corrected chi connectivity index (χ1v) is 20.7. The Bertz CT molecular complexity index is 987. The molecule has 2 aliphatic heterocycles. The molecule has 49 heavy (non-hydrogen) atoms. The van der Waals surface area contributed by atoms with Crippen molar-refractivity contribution in [2.24, 2.45) is 0 Å². The van der Waals surface area contributed by atoms with Gasteiger partial charge in [-0.15, -0.1) is 0 Å². The topological polar surface area (TPSA) is 72.5 Å². The van der Waals surface area contributed by atoms with Gasteiger partial charge in [-0.3, -0.25) is 0 Å². The zero-order valence-electron chi connectivity index (χ0n) is 34.5. The van der Waals surface area contributed by atoms with Gasteiger partial charge in [-0.2, -0.15) is 15.0 Å². The van der Waals surface area contributed by atoms with E-state index in [1.165, 1.54) is 77.0 Å². The molecule has 2 aliphatic rings. The molecule has 8 heteroatoms. The van der Waals surface area contributed by atoms with E-state index in [4.69, 9.17) is 15.0 Å². The fraction of sp³-hybridized carbons (Fsp3) is 0.927. The fourth-order valence-electron chi connectivity index (χ4n) is 9.24. The van der Waals surface area contributed by atoms with Gasteiger partial charge in [0, 0.05) is 60.4 Å². The van der Waals surface area contributed by atoms with Crippen molar-refractivity contribution in [1.29, 1.82) is 0 Å². The van der Waals surface area contributed by atoms with E-state index in [9.17, 15) is 0 Å². The van der Waals surface area contributed by atoms with Crippen LogP contribution in [0.15, 0.2) is 0 Å². The quantitative estimate of drug-likeness (QED) is 0.124. The highest BCUT2D eigenvalue weighted by Gasteiger charge is 2.43. The number of anilines is 3. The van der Waals surface area contributed by atoms with E-state index in [-0.39, 0.29) is 22.2 Å². The molecule has 2 N–H and O–H groups in total. The van der Waals surface area contributed by atoms with E-state index >= 15 is 0 Å². The van der Waals surface area contributed by atoms with Crippen LogP contribution >= 0.6 is 0 Å². The summed E-state index contributed by atoms with van der Waals surface area (Å²) in [4.78, 5) is 23.8. The average Bonchev–Trinajstić information content (AvgIpc) is 2.97. The Hall–Kier alpha value is -1.67. The Kier molecular flexibility index (Phi) is 15.9. The summed E-state index contributed by atoms with van der Waals surface area (Å²) < 4.78 is 0. The van der Waals surface area contributed by atoms with Crippen molar-refractivity contribution in [3.8, 4) is 0 Å². The van der Waals surface area contributed by atoms with Crippen LogP contribution in [0.25, 0.3) is 0 Å². The number of hydrogen-bond acceptors (Lipinski definition) is 8. The lowest BCUT2D eigenvalue weighted by atomic mass is 9.79. The molecule has 8 nitrogen and oxygen atoms in total. The minimum atomic E-state index is 0.0411. The summed E-state index contributed by atoms with van der Waals surface area (Å²) in [6, 6.07) is 0.732. The van der Waals surface area contributed by atoms with Crippen molar-refractivity contribution in [3.63, 3.8) is 0 Å². The van der Waals surface area contributed by atoms with Crippen molar-refractivity contribution in [2.45, 2.75) is 220 Å². The average molecular weight is 685 g/mol. The largest absolute Gasteiger partial charge is 0.341 e. The molecule has 0 saturated carbocycles. The van der Waals surface area contributed by atoms with E-state index in [1.807, 2.05) is 0 Å². The molecule has 2 fully saturated rings. The second-order valence-corrected chi connectivity index (χ2v) is 18.2. The first-order valence-electron chi connectivity index (χ1n) is 20.7. The summed E-state index contributed by atoms with van der Waals surface area (Å²) in [5.41, 5.74) is 0.164. The predicted molar refractivity (Wildman–Crippen MR) is 213 cm³/mol. The minimum Gasteiger partial charge on any atom is -0.341 e. The molecule has 0 amide bonds. The molecule has 284 valence electrons. The van der Waals surface area contributed by atoms with E-state index in [0.29, 0.717) is 12.1 Å². The number of nitrogens with zero attached hydrogens (tertiary/aromatic N) is 6. The van der Waals surface area contributed by atoms with Gasteiger partial charge in [0.2, 0.25) is 17.8 Å². The maximum atomic E-state index is 5.55. The van der Waals surface area contributed by atoms with Gasteiger partial charge in [-0.25, -0.2) is 0 Å². The van der Waals surface area contributed by atoms with E-state index in [1.54, 1.807) is 0 Å². The van der Waals surface area contributed by atoms with Crippen molar-refractivity contribution in [1.82, 2.24) is 25.6 Å². The summed E-state index contributed by atoms with van der Waals surface area (Å²) in [7, 11) is 0. The third-order valence-corrected chi connectivity index (χ3v) is 10.9. The van der Waals surface area contributed by atoms with Crippen molar-refractivity contribution in [2.75, 3.05) is 40.9 Å². The first kappa shape index (κ1) is 41.7. The lowest BCUT2D eigenvalue weighted by molar-refractivity contribution is 0.157. The van der Waals surface area contributed by atoms with Crippen LogP contribution in [-0.2, 0) is 0 Å². The van der Waals surface area contributed by atoms with Gasteiger partial charge in [0.25, 0.3) is 0 Å². The number of rotatable bonds is 21. The summed E-state index contributed by atoms with van der Waals surface area (Å²) in [5, 5.41) is 7.87. The Morgan fingerprint density at radius 3 is 1.10 bits per heavy atom. The summed E-state index contributed by atoms with van der Waals surface area (Å²) >= 11 is 0. The molecule has 0 radical (unpaired) electrons. The van der Waals surface area contributed by atoms with Crippen LogP contribution in [0.4, 0.5) is 17.8 Å². The zero-order chi connectivity index (χ0) is 36.3. The smallest absolute Gasteiger partial charge is 0.232 e. The van der Waals surface area contributed by atoms with Gasteiger partial charge in [-0.1, -0.05) is 78.1 Å². The van der Waals surface area contributed by atoms with E-state index in [2.05, 4.69) is 108 Å². The SMILES string of the molecule is CCCCCCCCN(c1nc(N(CC)CC)nc(N(CCCCCCCC)C2CC(C)(C)NC(C)(C)C2)n1)C1CC(C)(C)NC(C)(C)C1. The maximum absolute atomic E-state index is 5.55. The van der Waals surface area contributed by atoms with Crippen LogP contribution < -0.4 is 25.3 Å². The predicted octanol–water partition coefficient (Wildman–Crippen LogP) is 9.67. The summed E-state index contributed by atoms with van der Waals surface area (Å²) in [6.45, 7) is 31.8. The van der Waals surface area contributed by atoms with E-state index < -0.39 is 0 Å². The number of hydrogen-bond donors (Lipinski definition) is 2. The molecule has 1 aromatic rings. The zero-order valence-corrected chi connectivity index (χ0v) is 34.5. The van der Waals surface area contributed by atoms with Gasteiger partial charge < -0.3 is 25.3 Å². The molecular formula is C41H80N8. The number of aromatic nitrogens is 3. The van der Waals surface area contributed by atoms with Gasteiger partial charge in [0.05, 0.1) is 0 Å². The fourth-order valence-corrected chi connectivity index (χ4v) is 9.24. The van der Waals surface area contributed by atoms with Crippen LogP contribution in [0.1, 0.15) is 186 Å². The highest BCUT2D eigenvalue weighted by Crippen LogP contribution is 2.37. The normalized spacial score (nSPS) is 20.3. The summed E-state index contributed by atoms with van der Waals surface area (Å²) in [5.74, 6) is 2.62. The number of nitrogens with one attached hydrogen (secondary N) is 2. The Morgan fingerprint density at radius 2 is 0.776 bits per heavy atom. The van der Waals surface area contributed by atoms with Crippen molar-refractivity contribution in [3.05, 3.63) is 0 Å². The van der Waals surface area contributed by atoms with Gasteiger partial charge in [0.1, 0.15) is 0 Å². The molecule has 1 aromatic heterocycles. The first-order chi connectivity index (χ1) is 23.0. The monoisotopic (exact) mass is 685 g/mol. The molecule has 2 saturated heterocycles. The van der Waals surface area contributed by atoms with E-state index in [0.717, 1.165) is 69.7 Å².